The van der Waals surface area contributed by atoms with Crippen LogP contribution in [0, 0.1) is 0 Å². The Morgan fingerprint density at radius 1 is 0.746 bits per heavy atom. The van der Waals surface area contributed by atoms with Crippen molar-refractivity contribution in [3.05, 3.63) is 12.4 Å². The molecular weight excluding hydrogens is 839 g/mol. The predicted octanol–water partition coefficient (Wildman–Crippen LogP) is -2.47. The van der Waals surface area contributed by atoms with Crippen LogP contribution in [0.2, 0.25) is 0 Å². The molecule has 4 atom stereocenters. The van der Waals surface area contributed by atoms with Gasteiger partial charge in [-0.25, -0.2) is 0 Å². The van der Waals surface area contributed by atoms with E-state index in [-0.39, 0.29) is 83.9 Å². The van der Waals surface area contributed by atoms with Gasteiger partial charge in [-0.2, -0.15) is 11.8 Å². The molecule has 63 heavy (non-hydrogen) atoms. The molecule has 0 aliphatic carbocycles. The van der Waals surface area contributed by atoms with Crippen molar-refractivity contribution in [3.8, 4) is 0 Å². The molecule has 2 fully saturated rings. The number of rotatable bonds is 35. The van der Waals surface area contributed by atoms with E-state index in [1.807, 2.05) is 11.8 Å². The van der Waals surface area contributed by atoms with Gasteiger partial charge in [0.1, 0.15) is 6.04 Å². The molecule has 21 nitrogen and oxygen atoms in total. The number of likely N-dealkylation sites (N-methyl/N-ethyl adjacent to an activating group) is 1. The minimum Gasteiger partial charge on any atom is -0.383 e. The Labute approximate surface area is 377 Å². The van der Waals surface area contributed by atoms with E-state index >= 15 is 0 Å². The Bertz CT molecular complexity index is 1460. The van der Waals surface area contributed by atoms with Crippen LogP contribution < -0.4 is 38.1 Å². The minimum atomic E-state index is -1.01. The smallest absolute Gasteiger partial charge is 0.242 e. The maximum Gasteiger partial charge on any atom is 0.242 e. The van der Waals surface area contributed by atoms with Crippen molar-refractivity contribution in [1.82, 2.24) is 46.2 Å². The van der Waals surface area contributed by atoms with Crippen LogP contribution >= 0.6 is 11.8 Å². The summed E-state index contributed by atoms with van der Waals surface area (Å²) >= 11 is 1.95. The SMILES string of the molecule is C=C1N[C@H]2CSC(CCCCC(=O)NCCCC[C@H](NC(=O)CN(CCOC)C(=O)CN(CCOC)C(=O)CN(CCCCN)C(=O)CN(CCOC)C(=O)CNC)C(N)=O)[C@H]2N1. The molecule has 22 heteroatoms. The third-order valence-electron chi connectivity index (χ3n) is 10.7. The molecule has 1 unspecified atom stereocenters. The minimum absolute atomic E-state index is 0.00300. The largest absolute Gasteiger partial charge is 0.383 e. The van der Waals surface area contributed by atoms with Gasteiger partial charge in [0.05, 0.1) is 70.4 Å². The zero-order valence-electron chi connectivity index (χ0n) is 37.9. The topological polar surface area (TPSA) is 272 Å². The predicted molar refractivity (Wildman–Crippen MR) is 240 cm³/mol. The summed E-state index contributed by atoms with van der Waals surface area (Å²) in [5.74, 6) is -1.37. The monoisotopic (exact) mass is 914 g/mol. The van der Waals surface area contributed by atoms with Gasteiger partial charge in [0.25, 0.3) is 0 Å². The number of amides is 7. The summed E-state index contributed by atoms with van der Waals surface area (Å²) in [6.07, 6.45) is 5.60. The lowest BCUT2D eigenvalue weighted by Gasteiger charge is -2.31. The number of hydrogen-bond acceptors (Lipinski definition) is 15. The summed E-state index contributed by atoms with van der Waals surface area (Å²) in [5.41, 5.74) is 11.3. The third kappa shape index (κ3) is 21.3. The molecule has 0 saturated carbocycles. The Hall–Kier alpha value is -4.22. The summed E-state index contributed by atoms with van der Waals surface area (Å²) in [6.45, 7) is 3.96. The number of nitrogens with one attached hydrogen (secondary N) is 5. The van der Waals surface area contributed by atoms with Crippen LogP contribution in [0.5, 0.6) is 0 Å². The molecule has 2 rings (SSSR count). The molecule has 2 aliphatic heterocycles. The summed E-state index contributed by atoms with van der Waals surface area (Å²) in [4.78, 5) is 97.1. The average molecular weight is 914 g/mol. The number of fused-ring (bicyclic) bond motifs is 1. The van der Waals surface area contributed by atoms with E-state index in [2.05, 4.69) is 33.2 Å². The molecule has 2 aliphatic rings. The van der Waals surface area contributed by atoms with Gasteiger partial charge in [0.15, 0.2) is 0 Å². The zero-order chi connectivity index (χ0) is 46.6. The second kappa shape index (κ2) is 31.6. The highest BCUT2D eigenvalue weighted by Gasteiger charge is 2.40. The fraction of sp³-hybridized carbons (Fsp3) is 0.780. The quantitative estimate of drug-likeness (QED) is 0.0325. The lowest BCUT2D eigenvalue weighted by molar-refractivity contribution is -0.147. The van der Waals surface area contributed by atoms with Crippen molar-refractivity contribution >= 4 is 53.1 Å². The fourth-order valence-electron chi connectivity index (χ4n) is 7.14. The Kier molecular flexibility index (Phi) is 27.5. The average Bonchev–Trinajstić information content (AvgIpc) is 3.81. The summed E-state index contributed by atoms with van der Waals surface area (Å²) in [5, 5.41) is 15.6. The van der Waals surface area contributed by atoms with Crippen LogP contribution in [0.4, 0.5) is 0 Å². The number of carbonyl (C=O) groups is 7. The van der Waals surface area contributed by atoms with Crippen LogP contribution in [0.15, 0.2) is 12.4 Å². The number of hydrogen-bond donors (Lipinski definition) is 7. The van der Waals surface area contributed by atoms with Crippen LogP contribution in [-0.2, 0) is 47.8 Å². The second-order valence-corrected chi connectivity index (χ2v) is 16.9. The van der Waals surface area contributed by atoms with Gasteiger partial charge in [0, 0.05) is 71.5 Å². The van der Waals surface area contributed by atoms with Gasteiger partial charge in [-0.05, 0) is 58.5 Å². The highest BCUT2D eigenvalue weighted by molar-refractivity contribution is 8.00. The molecule has 360 valence electrons. The number of nitrogens with two attached hydrogens (primary N) is 2. The van der Waals surface area contributed by atoms with Gasteiger partial charge in [-0.1, -0.05) is 13.0 Å². The van der Waals surface area contributed by atoms with E-state index in [4.69, 9.17) is 25.7 Å². The lowest BCUT2D eigenvalue weighted by Crippen LogP contribution is -2.53. The number of unbranched alkanes of at least 4 members (excludes halogenated alkanes) is 3. The first-order valence-corrected chi connectivity index (χ1v) is 22.9. The highest BCUT2D eigenvalue weighted by Crippen LogP contribution is 2.34. The normalized spacial score (nSPS) is 16.9. The molecule has 2 heterocycles. The van der Waals surface area contributed by atoms with Crippen molar-refractivity contribution in [2.45, 2.75) is 81.2 Å². The van der Waals surface area contributed by atoms with Gasteiger partial charge in [0.2, 0.25) is 41.4 Å². The molecule has 0 bridgehead atoms. The Morgan fingerprint density at radius 3 is 1.87 bits per heavy atom. The number of nitrogens with zero attached hydrogens (tertiary/aromatic N) is 4. The summed E-state index contributed by atoms with van der Waals surface area (Å²) in [7, 11) is 5.99. The maximum atomic E-state index is 13.8. The van der Waals surface area contributed by atoms with E-state index < -0.39 is 48.7 Å². The summed E-state index contributed by atoms with van der Waals surface area (Å²) < 4.78 is 15.5. The number of primary amides is 1. The molecule has 0 aromatic heterocycles. The molecule has 0 aromatic carbocycles. The molecule has 9 N–H and O–H groups in total. The van der Waals surface area contributed by atoms with Crippen molar-refractivity contribution in [1.29, 1.82) is 0 Å². The van der Waals surface area contributed by atoms with Crippen LogP contribution in [0.1, 0.15) is 57.8 Å². The van der Waals surface area contributed by atoms with Crippen LogP contribution in [0.25, 0.3) is 0 Å². The van der Waals surface area contributed by atoms with Crippen molar-refractivity contribution in [2.75, 3.05) is 126 Å². The first-order valence-electron chi connectivity index (χ1n) is 21.9. The first kappa shape index (κ1) is 54.9. The highest BCUT2D eigenvalue weighted by atomic mass is 32.2. The van der Waals surface area contributed by atoms with E-state index in [0.717, 1.165) is 30.8 Å². The molecule has 0 radical (unpaired) electrons. The zero-order valence-corrected chi connectivity index (χ0v) is 38.7. The van der Waals surface area contributed by atoms with Gasteiger partial charge in [-0.3, -0.25) is 33.6 Å². The van der Waals surface area contributed by atoms with Crippen molar-refractivity contribution < 1.29 is 47.8 Å². The van der Waals surface area contributed by atoms with E-state index in [9.17, 15) is 33.6 Å². The number of thioether (sulfide) groups is 1. The molecular formula is C41H75N11O10S. The first-order chi connectivity index (χ1) is 30.3. The lowest BCUT2D eigenvalue weighted by atomic mass is 10.0. The maximum absolute atomic E-state index is 13.8. The van der Waals surface area contributed by atoms with E-state index in [0.29, 0.717) is 62.5 Å². The van der Waals surface area contributed by atoms with Gasteiger partial charge < -0.3 is 71.9 Å². The fourth-order valence-corrected chi connectivity index (χ4v) is 8.68. The number of ether oxygens (including phenoxy) is 3. The van der Waals surface area contributed by atoms with Crippen molar-refractivity contribution in [3.63, 3.8) is 0 Å². The Morgan fingerprint density at radius 2 is 1.32 bits per heavy atom. The number of methoxy groups -OCH3 is 3. The number of carbonyl (C=O) groups excluding carboxylic acids is 7. The molecule has 7 amide bonds. The third-order valence-corrected chi connectivity index (χ3v) is 12.2. The van der Waals surface area contributed by atoms with Gasteiger partial charge >= 0.3 is 0 Å². The molecule has 2 saturated heterocycles. The second-order valence-electron chi connectivity index (χ2n) is 15.7. The van der Waals surface area contributed by atoms with Gasteiger partial charge in [-0.15, -0.1) is 0 Å². The van der Waals surface area contributed by atoms with E-state index in [1.54, 1.807) is 7.05 Å². The Balaban J connectivity index is 1.93. The summed E-state index contributed by atoms with van der Waals surface area (Å²) in [6, 6.07) is -0.199. The van der Waals surface area contributed by atoms with Crippen molar-refractivity contribution in [2.24, 2.45) is 11.5 Å². The van der Waals surface area contributed by atoms with Crippen LogP contribution in [0.3, 0.4) is 0 Å². The van der Waals surface area contributed by atoms with E-state index in [1.165, 1.54) is 40.9 Å². The molecule has 0 spiro atoms. The molecule has 0 aromatic rings. The standard InChI is InChI=1S/C41H75N11O10S/c1-30-46-32-29-63-33(40(32)47-30)13-6-7-14-34(53)45-16-10-8-12-31(41(43)59)48-35(54)25-50(18-21-60-3)38(57)28-52(20-23-62-5)39(58)26-49(17-11-9-15-42)37(56)27-51(19-22-61-4)36(55)24-44-2/h31-33,40,44,46-47H,1,6-29,42H2,2-5H3,(H2,43,59)(H,45,53)(H,48,54)/t31-,32-,33?,40-/m0/s1. The van der Waals surface area contributed by atoms with Crippen LogP contribution in [-0.4, -0.2) is 210 Å².